The number of carbonyl (C=O) groups is 2. The number of rotatable bonds is 1. The normalized spacial score (nSPS) is 34.9. The van der Waals surface area contributed by atoms with Gasteiger partial charge >= 0.3 is 5.97 Å². The highest BCUT2D eigenvalue weighted by Gasteiger charge is 2.57. The first-order valence-corrected chi connectivity index (χ1v) is 5.49. The summed E-state index contributed by atoms with van der Waals surface area (Å²) in [6.07, 6.45) is 0. The van der Waals surface area contributed by atoms with Crippen molar-refractivity contribution in [2.75, 3.05) is 5.75 Å². The van der Waals surface area contributed by atoms with Gasteiger partial charge in [-0.25, -0.2) is 4.79 Å². The van der Waals surface area contributed by atoms with Gasteiger partial charge in [0.2, 0.25) is 5.78 Å². The third kappa shape index (κ3) is 1.11. The predicted octanol–water partition coefficient (Wildman–Crippen LogP) is 0.577. The number of carboxylic acids is 1. The standard InChI is InChI=1S/C9H11NO4S/c1-4-6(11)7(12)9(2)10(4)5(3-15-9)8(13)14/h5,11H,3H2,1-2H3,(H,13,14)/t5-,9-/m1/s1. The van der Waals surface area contributed by atoms with Gasteiger partial charge in [0.1, 0.15) is 6.04 Å². The lowest BCUT2D eigenvalue weighted by Gasteiger charge is -2.30. The maximum Gasteiger partial charge on any atom is 0.327 e. The zero-order valence-corrected chi connectivity index (χ0v) is 9.17. The van der Waals surface area contributed by atoms with Gasteiger partial charge in [0.15, 0.2) is 10.6 Å². The second kappa shape index (κ2) is 2.91. The highest BCUT2D eigenvalue weighted by atomic mass is 32.2. The van der Waals surface area contributed by atoms with Gasteiger partial charge in [0, 0.05) is 5.75 Å². The minimum absolute atomic E-state index is 0.309. The van der Waals surface area contributed by atoms with Gasteiger partial charge in [-0.05, 0) is 13.8 Å². The van der Waals surface area contributed by atoms with Gasteiger partial charge in [-0.3, -0.25) is 4.79 Å². The van der Waals surface area contributed by atoms with Crippen molar-refractivity contribution in [3.05, 3.63) is 11.5 Å². The Hall–Kier alpha value is -1.17. The van der Waals surface area contributed by atoms with Crippen LogP contribution in [0.5, 0.6) is 0 Å². The number of allylic oxidation sites excluding steroid dienone is 1. The van der Waals surface area contributed by atoms with Gasteiger partial charge in [0.05, 0.1) is 5.70 Å². The number of hydrogen-bond donors (Lipinski definition) is 2. The van der Waals surface area contributed by atoms with Crippen molar-refractivity contribution < 1.29 is 19.8 Å². The summed E-state index contributed by atoms with van der Waals surface area (Å²) in [5.41, 5.74) is 0.361. The Morgan fingerprint density at radius 2 is 2.27 bits per heavy atom. The van der Waals surface area contributed by atoms with Crippen molar-refractivity contribution in [2.45, 2.75) is 24.8 Å². The molecule has 0 aliphatic carbocycles. The number of thioether (sulfide) groups is 1. The molecule has 2 atom stereocenters. The Kier molecular flexibility index (Phi) is 2.01. The SMILES string of the molecule is CC1=C(O)C(=O)[C@@]2(C)SC[C@H](C(=O)O)N12. The summed E-state index contributed by atoms with van der Waals surface area (Å²) in [5, 5.41) is 18.5. The van der Waals surface area contributed by atoms with Gasteiger partial charge in [-0.1, -0.05) is 0 Å². The van der Waals surface area contributed by atoms with E-state index in [0.717, 1.165) is 0 Å². The number of ketones is 1. The number of fused-ring (bicyclic) bond motifs is 1. The largest absolute Gasteiger partial charge is 0.503 e. The van der Waals surface area contributed by atoms with E-state index in [0.29, 0.717) is 11.4 Å². The third-order valence-electron chi connectivity index (χ3n) is 2.92. The summed E-state index contributed by atoms with van der Waals surface area (Å²) in [4.78, 5) is 23.3. The summed E-state index contributed by atoms with van der Waals surface area (Å²) < 4.78 is 0. The van der Waals surface area contributed by atoms with Gasteiger partial charge in [-0.2, -0.15) is 0 Å². The van der Waals surface area contributed by atoms with Gasteiger partial charge < -0.3 is 15.1 Å². The van der Waals surface area contributed by atoms with Crippen LogP contribution in [0.3, 0.4) is 0 Å². The number of Topliss-reactive ketones (excluding diaryl/α,β-unsaturated/α-hetero) is 1. The monoisotopic (exact) mass is 229 g/mol. The van der Waals surface area contributed by atoms with Crippen molar-refractivity contribution in [1.82, 2.24) is 4.90 Å². The molecule has 1 saturated heterocycles. The molecule has 2 aliphatic rings. The minimum atomic E-state index is -0.965. The van der Waals surface area contributed by atoms with Crippen LogP contribution in [-0.2, 0) is 9.59 Å². The molecule has 0 spiro atoms. The van der Waals surface area contributed by atoms with Crippen LogP contribution in [0.15, 0.2) is 11.5 Å². The molecule has 82 valence electrons. The zero-order valence-electron chi connectivity index (χ0n) is 8.35. The number of carboxylic acid groups (broad SMARTS) is 1. The molecule has 0 bridgehead atoms. The number of aliphatic hydroxyl groups excluding tert-OH is 1. The molecule has 0 amide bonds. The summed E-state index contributed by atoms with van der Waals surface area (Å²) in [6.45, 7) is 3.22. The van der Waals surface area contributed by atoms with Crippen LogP contribution in [0.25, 0.3) is 0 Å². The van der Waals surface area contributed by atoms with E-state index in [2.05, 4.69) is 0 Å². The maximum atomic E-state index is 11.7. The molecular weight excluding hydrogens is 218 g/mol. The number of nitrogens with zero attached hydrogens (tertiary/aromatic N) is 1. The smallest absolute Gasteiger partial charge is 0.327 e. The fraction of sp³-hybridized carbons (Fsp3) is 0.556. The molecule has 0 unspecified atom stereocenters. The highest BCUT2D eigenvalue weighted by Crippen LogP contribution is 2.48. The molecule has 0 saturated carbocycles. The number of hydrogen-bond acceptors (Lipinski definition) is 5. The van der Waals surface area contributed by atoms with Crippen molar-refractivity contribution in [3.8, 4) is 0 Å². The first-order chi connectivity index (χ1) is 6.89. The summed E-state index contributed by atoms with van der Waals surface area (Å²) >= 11 is 1.26. The summed E-state index contributed by atoms with van der Waals surface area (Å²) in [5.74, 6) is -1.31. The van der Waals surface area contributed by atoms with Crippen molar-refractivity contribution >= 4 is 23.5 Å². The van der Waals surface area contributed by atoms with Crippen LogP contribution in [0, 0.1) is 0 Å². The lowest BCUT2D eigenvalue weighted by atomic mass is 10.2. The average molecular weight is 229 g/mol. The Labute approximate surface area is 90.8 Å². The van der Waals surface area contributed by atoms with E-state index in [-0.39, 0.29) is 5.76 Å². The quantitative estimate of drug-likeness (QED) is 0.684. The van der Waals surface area contributed by atoms with Crippen molar-refractivity contribution in [1.29, 1.82) is 0 Å². The lowest BCUT2D eigenvalue weighted by molar-refractivity contribution is -0.142. The van der Waals surface area contributed by atoms with E-state index in [4.69, 9.17) is 5.11 Å². The molecule has 0 aromatic rings. The van der Waals surface area contributed by atoms with E-state index in [1.54, 1.807) is 13.8 Å². The van der Waals surface area contributed by atoms with Crippen LogP contribution >= 0.6 is 11.8 Å². The molecule has 1 fully saturated rings. The number of aliphatic carboxylic acids is 1. The molecule has 2 N–H and O–H groups in total. The lowest BCUT2D eigenvalue weighted by Crippen LogP contribution is -2.46. The molecule has 2 heterocycles. The molecule has 2 aliphatic heterocycles. The minimum Gasteiger partial charge on any atom is -0.503 e. The Morgan fingerprint density at radius 1 is 1.67 bits per heavy atom. The number of aliphatic hydroxyl groups is 1. The maximum absolute atomic E-state index is 11.7. The summed E-state index contributed by atoms with van der Waals surface area (Å²) in [7, 11) is 0. The zero-order chi connectivity index (χ0) is 11.4. The van der Waals surface area contributed by atoms with Gasteiger partial charge in [0.25, 0.3) is 0 Å². The fourth-order valence-corrected chi connectivity index (χ4v) is 3.50. The van der Waals surface area contributed by atoms with E-state index in [1.165, 1.54) is 16.7 Å². The third-order valence-corrected chi connectivity index (χ3v) is 4.35. The molecular formula is C9H11NO4S. The molecule has 0 aromatic heterocycles. The molecule has 0 aromatic carbocycles. The van der Waals surface area contributed by atoms with E-state index >= 15 is 0 Å². The van der Waals surface area contributed by atoms with Crippen molar-refractivity contribution in [3.63, 3.8) is 0 Å². The van der Waals surface area contributed by atoms with Crippen molar-refractivity contribution in [2.24, 2.45) is 0 Å². The van der Waals surface area contributed by atoms with Crippen LogP contribution in [0.1, 0.15) is 13.8 Å². The highest BCUT2D eigenvalue weighted by molar-refractivity contribution is 8.01. The molecule has 0 radical (unpaired) electrons. The van der Waals surface area contributed by atoms with Gasteiger partial charge in [-0.15, -0.1) is 11.8 Å². The second-order valence-corrected chi connectivity index (χ2v) is 5.20. The molecule has 2 rings (SSSR count). The first-order valence-electron chi connectivity index (χ1n) is 4.50. The number of carbonyl (C=O) groups excluding carboxylic acids is 1. The predicted molar refractivity (Wildman–Crippen MR) is 54.5 cm³/mol. The van der Waals surface area contributed by atoms with Crippen LogP contribution in [-0.4, -0.2) is 43.5 Å². The topological polar surface area (TPSA) is 77.8 Å². The molecule has 15 heavy (non-hydrogen) atoms. The van der Waals surface area contributed by atoms with Crippen LogP contribution in [0.2, 0.25) is 0 Å². The summed E-state index contributed by atoms with van der Waals surface area (Å²) in [6, 6.07) is -0.728. The Balaban J connectivity index is 2.47. The van der Waals surface area contributed by atoms with E-state index in [1.807, 2.05) is 0 Å². The Morgan fingerprint density at radius 3 is 2.80 bits per heavy atom. The van der Waals surface area contributed by atoms with Crippen LogP contribution in [0.4, 0.5) is 0 Å². The average Bonchev–Trinajstić information content (AvgIpc) is 2.60. The molecule has 5 nitrogen and oxygen atoms in total. The van der Waals surface area contributed by atoms with E-state index < -0.39 is 22.7 Å². The first kappa shape index (κ1) is 10.4. The van der Waals surface area contributed by atoms with Crippen LogP contribution < -0.4 is 0 Å². The molecule has 6 heteroatoms. The fourth-order valence-electron chi connectivity index (χ4n) is 2.09. The Bertz CT molecular complexity index is 392. The van der Waals surface area contributed by atoms with E-state index in [9.17, 15) is 14.7 Å². The second-order valence-electron chi connectivity index (χ2n) is 3.78.